The summed E-state index contributed by atoms with van der Waals surface area (Å²) in [5.41, 5.74) is 5.10. The Morgan fingerprint density at radius 1 is 1.06 bits per heavy atom. The van der Waals surface area contributed by atoms with Crippen LogP contribution in [0.4, 0.5) is 5.69 Å². The van der Waals surface area contributed by atoms with E-state index in [1.165, 1.54) is 32.6 Å². The first-order valence-corrected chi connectivity index (χ1v) is 12.8. The predicted molar refractivity (Wildman–Crippen MR) is 140 cm³/mol. The van der Waals surface area contributed by atoms with Gasteiger partial charge in [-0.1, -0.05) is 35.9 Å². The second kappa shape index (κ2) is 11.4. The number of carbonyl (C=O) groups excluding carboxylic acids is 1. The Hall–Kier alpha value is -3.37. The van der Waals surface area contributed by atoms with Gasteiger partial charge >= 0.3 is 0 Å². The zero-order valence-corrected chi connectivity index (χ0v) is 22.2. The summed E-state index contributed by atoms with van der Waals surface area (Å²) in [5.74, 6) is 0.424. The van der Waals surface area contributed by atoms with Crippen molar-refractivity contribution in [1.29, 1.82) is 0 Å². The highest BCUT2D eigenvalue weighted by Crippen LogP contribution is 2.35. The standard InChI is InChI=1S/C25H26BrN3O5S/c1-17-9-11-20(12-10-17)35(31,32)29(22-8-6-5-7-18(22)2)16-24(30)28-27-15-19-13-21(26)25(34-4)23(14-19)33-3/h5-15H,16H2,1-4H3,(H,28,30)/b27-15-. The summed E-state index contributed by atoms with van der Waals surface area (Å²) < 4.78 is 39.3. The maximum Gasteiger partial charge on any atom is 0.264 e. The lowest BCUT2D eigenvalue weighted by Gasteiger charge is -2.25. The number of rotatable bonds is 9. The van der Waals surface area contributed by atoms with Crippen LogP contribution >= 0.6 is 15.9 Å². The summed E-state index contributed by atoms with van der Waals surface area (Å²) in [5, 5.41) is 3.99. The largest absolute Gasteiger partial charge is 0.493 e. The van der Waals surface area contributed by atoms with Crippen molar-refractivity contribution in [3.05, 3.63) is 81.8 Å². The molecule has 184 valence electrons. The molecule has 0 heterocycles. The quantitative estimate of drug-likeness (QED) is 0.309. The Morgan fingerprint density at radius 3 is 2.37 bits per heavy atom. The molecule has 0 unspecified atom stereocenters. The number of aryl methyl sites for hydroxylation is 2. The summed E-state index contributed by atoms with van der Waals surface area (Å²) in [6, 6.07) is 16.9. The third-order valence-electron chi connectivity index (χ3n) is 5.14. The summed E-state index contributed by atoms with van der Waals surface area (Å²) in [7, 11) is -0.959. The first kappa shape index (κ1) is 26.2. The number of nitrogens with one attached hydrogen (secondary N) is 1. The number of hydrazone groups is 1. The number of benzene rings is 3. The molecule has 8 nitrogen and oxygen atoms in total. The van der Waals surface area contributed by atoms with Crippen molar-refractivity contribution in [1.82, 2.24) is 5.43 Å². The fraction of sp³-hybridized carbons (Fsp3) is 0.200. The molecule has 1 N–H and O–H groups in total. The molecule has 3 aromatic rings. The van der Waals surface area contributed by atoms with Crippen LogP contribution in [0.15, 0.2) is 75.1 Å². The monoisotopic (exact) mass is 559 g/mol. The smallest absolute Gasteiger partial charge is 0.264 e. The molecular formula is C25H26BrN3O5S. The normalized spacial score (nSPS) is 11.3. The fourth-order valence-corrected chi connectivity index (χ4v) is 5.44. The molecule has 3 aromatic carbocycles. The van der Waals surface area contributed by atoms with E-state index in [1.54, 1.807) is 55.5 Å². The minimum atomic E-state index is -4.00. The average molecular weight is 560 g/mol. The first-order valence-electron chi connectivity index (χ1n) is 10.6. The van der Waals surface area contributed by atoms with Gasteiger partial charge in [-0.15, -0.1) is 0 Å². The molecule has 0 aromatic heterocycles. The van der Waals surface area contributed by atoms with Crippen LogP contribution in [0.2, 0.25) is 0 Å². The summed E-state index contributed by atoms with van der Waals surface area (Å²) in [6.45, 7) is 3.21. The third kappa shape index (κ3) is 6.20. The minimum absolute atomic E-state index is 0.0952. The molecule has 0 aliphatic rings. The van der Waals surface area contributed by atoms with Gasteiger partial charge < -0.3 is 9.47 Å². The predicted octanol–water partition coefficient (Wildman–Crippen LogP) is 4.43. The molecule has 0 bridgehead atoms. The Kier molecular flexibility index (Phi) is 8.52. The van der Waals surface area contributed by atoms with Crippen LogP contribution in [0.1, 0.15) is 16.7 Å². The van der Waals surface area contributed by atoms with Gasteiger partial charge in [0.05, 0.1) is 35.5 Å². The van der Waals surface area contributed by atoms with E-state index >= 15 is 0 Å². The van der Waals surface area contributed by atoms with E-state index in [2.05, 4.69) is 26.5 Å². The molecule has 10 heteroatoms. The van der Waals surface area contributed by atoms with Gasteiger partial charge in [-0.3, -0.25) is 9.10 Å². The number of carbonyl (C=O) groups is 1. The number of amides is 1. The SMILES string of the molecule is COc1cc(/C=N\NC(=O)CN(c2ccccc2C)S(=O)(=O)c2ccc(C)cc2)cc(Br)c1OC. The van der Waals surface area contributed by atoms with Gasteiger partial charge in [-0.05, 0) is 71.2 Å². The molecule has 0 spiro atoms. The van der Waals surface area contributed by atoms with Crippen LogP contribution in [-0.4, -0.2) is 41.3 Å². The lowest BCUT2D eigenvalue weighted by molar-refractivity contribution is -0.119. The maximum absolute atomic E-state index is 13.5. The van der Waals surface area contributed by atoms with Gasteiger partial charge in [0.2, 0.25) is 0 Å². The number of halogens is 1. The lowest BCUT2D eigenvalue weighted by atomic mass is 10.2. The van der Waals surface area contributed by atoms with Crippen LogP contribution in [-0.2, 0) is 14.8 Å². The van der Waals surface area contributed by atoms with Crippen molar-refractivity contribution in [2.24, 2.45) is 5.10 Å². The number of methoxy groups -OCH3 is 2. The van der Waals surface area contributed by atoms with Crippen LogP contribution < -0.4 is 19.2 Å². The molecule has 3 rings (SSSR count). The van der Waals surface area contributed by atoms with Gasteiger partial charge in [-0.25, -0.2) is 13.8 Å². The molecule has 0 aliphatic heterocycles. The zero-order valence-electron chi connectivity index (χ0n) is 19.8. The van der Waals surface area contributed by atoms with Crippen LogP contribution in [0.25, 0.3) is 0 Å². The number of anilines is 1. The molecular weight excluding hydrogens is 534 g/mol. The van der Waals surface area contributed by atoms with Gasteiger partial charge in [0.15, 0.2) is 11.5 Å². The van der Waals surface area contributed by atoms with Gasteiger partial charge in [0, 0.05) is 0 Å². The molecule has 0 fully saturated rings. The van der Waals surface area contributed by atoms with Gasteiger partial charge in [0.1, 0.15) is 6.54 Å². The molecule has 0 saturated heterocycles. The Labute approximate surface area is 213 Å². The van der Waals surface area contributed by atoms with E-state index in [4.69, 9.17) is 9.47 Å². The summed E-state index contributed by atoms with van der Waals surface area (Å²) >= 11 is 3.41. The van der Waals surface area contributed by atoms with Crippen LogP contribution in [0, 0.1) is 13.8 Å². The van der Waals surface area contributed by atoms with Crippen molar-refractivity contribution in [3.8, 4) is 11.5 Å². The number of nitrogens with zero attached hydrogens (tertiary/aromatic N) is 2. The van der Waals surface area contributed by atoms with E-state index in [1.807, 2.05) is 6.92 Å². The Balaban J connectivity index is 1.85. The summed E-state index contributed by atoms with van der Waals surface area (Å²) in [6.07, 6.45) is 1.43. The molecule has 0 saturated carbocycles. The zero-order chi connectivity index (χ0) is 25.6. The van der Waals surface area contributed by atoms with E-state index in [9.17, 15) is 13.2 Å². The molecule has 0 atom stereocenters. The van der Waals surface area contributed by atoms with E-state index in [0.29, 0.717) is 27.2 Å². The van der Waals surface area contributed by atoms with Gasteiger partial charge in [0.25, 0.3) is 15.9 Å². The van der Waals surface area contributed by atoms with E-state index < -0.39 is 22.5 Å². The Bertz CT molecular complexity index is 1340. The van der Waals surface area contributed by atoms with Crippen molar-refractivity contribution in [2.75, 3.05) is 25.1 Å². The fourth-order valence-electron chi connectivity index (χ4n) is 3.34. The molecule has 0 aliphatic carbocycles. The van der Waals surface area contributed by atoms with E-state index in [0.717, 1.165) is 15.4 Å². The molecule has 1 amide bonds. The van der Waals surface area contributed by atoms with Crippen LogP contribution in [0.3, 0.4) is 0 Å². The third-order valence-corrected chi connectivity index (χ3v) is 7.50. The van der Waals surface area contributed by atoms with Crippen molar-refractivity contribution in [3.63, 3.8) is 0 Å². The Morgan fingerprint density at radius 2 is 1.74 bits per heavy atom. The maximum atomic E-state index is 13.5. The lowest BCUT2D eigenvalue weighted by Crippen LogP contribution is -2.40. The molecule has 35 heavy (non-hydrogen) atoms. The van der Waals surface area contributed by atoms with Crippen LogP contribution in [0.5, 0.6) is 11.5 Å². The van der Waals surface area contributed by atoms with Crippen molar-refractivity contribution >= 4 is 43.8 Å². The number of ether oxygens (including phenoxy) is 2. The first-order chi connectivity index (χ1) is 16.7. The van der Waals surface area contributed by atoms with E-state index in [-0.39, 0.29) is 4.90 Å². The van der Waals surface area contributed by atoms with Crippen molar-refractivity contribution in [2.45, 2.75) is 18.7 Å². The number of para-hydroxylation sites is 1. The molecule has 0 radical (unpaired) electrons. The highest BCUT2D eigenvalue weighted by atomic mass is 79.9. The second-order valence-corrected chi connectivity index (χ2v) is 10.4. The topological polar surface area (TPSA) is 97.3 Å². The highest BCUT2D eigenvalue weighted by Gasteiger charge is 2.28. The summed E-state index contributed by atoms with van der Waals surface area (Å²) in [4.78, 5) is 12.9. The second-order valence-electron chi connectivity index (χ2n) is 7.64. The average Bonchev–Trinajstić information content (AvgIpc) is 2.83. The van der Waals surface area contributed by atoms with Gasteiger partial charge in [-0.2, -0.15) is 5.10 Å². The highest BCUT2D eigenvalue weighted by molar-refractivity contribution is 9.10. The van der Waals surface area contributed by atoms with Crippen molar-refractivity contribution < 1.29 is 22.7 Å². The number of sulfonamides is 1. The number of hydrogen-bond donors (Lipinski definition) is 1. The minimum Gasteiger partial charge on any atom is -0.493 e. The number of hydrogen-bond acceptors (Lipinski definition) is 6.